The molecule has 0 amide bonds. The molecular formula is C45H51N2O17S5+. The van der Waals surface area contributed by atoms with Crippen molar-refractivity contribution < 1.29 is 79.3 Å². The lowest BCUT2D eigenvalue weighted by Crippen LogP contribution is -2.28. The monoisotopic (exact) mass is 1050 g/mol. The highest BCUT2D eigenvalue weighted by atomic mass is 32.2. The van der Waals surface area contributed by atoms with Crippen molar-refractivity contribution in [3.8, 4) is 0 Å². The van der Waals surface area contributed by atoms with Gasteiger partial charge < -0.3 is 10.0 Å². The number of carboxylic acids is 1. The summed E-state index contributed by atoms with van der Waals surface area (Å²) < 4.78 is 174. The standard InChI is InChI=1S/C45H50N2O17S5/c1-44(2)39(46(22-12-8-11-17-41(48)49)35-20-18-31-33(42(35)44)25-29(66(53,54)55)27-37(31)68(59,60)61)15-9-6-5-7-10-16-40-45(3,4)43-34-26-30(67(56,57)58)28-38(69(62,63)64)32(34)19-21-36(43)47(40)23-13-14-24-65(50,51)52/h5-7,9-10,15-16,18-21,25-28H,8,11-14,17,22-24H2,1-4H3,(H5-,48,49,50,51,52,53,54,55,56,57,58,59,60,61,62,63,64)/p+1. The Labute approximate surface area is 400 Å². The van der Waals surface area contributed by atoms with Crippen LogP contribution in [-0.2, 0) is 66.2 Å². The number of nitrogens with zero attached hydrogens (tertiary/aromatic N) is 2. The van der Waals surface area contributed by atoms with E-state index in [-0.39, 0.29) is 47.4 Å². The van der Waals surface area contributed by atoms with Gasteiger partial charge in [0, 0.05) is 64.7 Å². The van der Waals surface area contributed by atoms with Crippen molar-refractivity contribution >= 4 is 95.2 Å². The molecule has 19 nitrogen and oxygen atoms in total. The lowest BCUT2D eigenvalue weighted by atomic mass is 9.79. The summed E-state index contributed by atoms with van der Waals surface area (Å²) in [6, 6.07) is 9.67. The van der Waals surface area contributed by atoms with Crippen LogP contribution in [0.15, 0.2) is 116 Å². The van der Waals surface area contributed by atoms with E-state index in [0.717, 1.165) is 12.1 Å². The zero-order valence-electron chi connectivity index (χ0n) is 37.6. The molecule has 0 atom stereocenters. The molecule has 372 valence electrons. The summed E-state index contributed by atoms with van der Waals surface area (Å²) in [7, 11) is -24.1. The summed E-state index contributed by atoms with van der Waals surface area (Å²) >= 11 is 0. The fourth-order valence-corrected chi connectivity index (χ4v) is 12.5. The molecule has 0 radical (unpaired) electrons. The number of fused-ring (bicyclic) bond motifs is 6. The molecule has 2 aliphatic rings. The third-order valence-corrected chi connectivity index (χ3v) is 16.5. The number of allylic oxidation sites excluding steroid dienone is 8. The highest BCUT2D eigenvalue weighted by Gasteiger charge is 2.46. The second-order valence-corrected chi connectivity index (χ2v) is 24.9. The molecule has 0 unspecified atom stereocenters. The van der Waals surface area contributed by atoms with Crippen molar-refractivity contribution in [1.82, 2.24) is 0 Å². The van der Waals surface area contributed by atoms with Gasteiger partial charge in [0.25, 0.3) is 50.6 Å². The average Bonchev–Trinajstić information content (AvgIpc) is 3.57. The van der Waals surface area contributed by atoms with Crippen LogP contribution in [0.1, 0.15) is 77.3 Å². The Balaban J connectivity index is 1.39. The molecule has 6 N–H and O–H groups in total. The number of rotatable bonds is 19. The molecule has 2 aliphatic heterocycles. The molecule has 6 rings (SSSR count). The number of carbonyl (C=O) groups is 1. The summed E-state index contributed by atoms with van der Waals surface area (Å²) in [6.45, 7) is 7.85. The first-order chi connectivity index (χ1) is 31.8. The van der Waals surface area contributed by atoms with Crippen LogP contribution in [0.25, 0.3) is 21.5 Å². The predicted octanol–water partition coefficient (Wildman–Crippen LogP) is 7.02. The Kier molecular flexibility index (Phi) is 14.8. The molecule has 0 aliphatic carbocycles. The van der Waals surface area contributed by atoms with Crippen LogP contribution < -0.4 is 4.90 Å². The minimum absolute atomic E-state index is 0.0170. The maximum Gasteiger partial charge on any atom is 0.303 e. The van der Waals surface area contributed by atoms with Crippen molar-refractivity contribution in [2.24, 2.45) is 0 Å². The Morgan fingerprint density at radius 3 is 1.67 bits per heavy atom. The fraction of sp³-hybridized carbons (Fsp3) is 0.333. The highest BCUT2D eigenvalue weighted by Crippen LogP contribution is 2.52. The first kappa shape index (κ1) is 53.2. The lowest BCUT2D eigenvalue weighted by molar-refractivity contribution is -0.438. The zero-order chi connectivity index (χ0) is 51.3. The predicted molar refractivity (Wildman–Crippen MR) is 258 cm³/mol. The van der Waals surface area contributed by atoms with E-state index in [1.807, 2.05) is 23.3 Å². The minimum atomic E-state index is -5.00. The molecule has 0 aromatic heterocycles. The first-order valence-electron chi connectivity index (χ1n) is 21.2. The van der Waals surface area contributed by atoms with Crippen molar-refractivity contribution in [1.29, 1.82) is 0 Å². The van der Waals surface area contributed by atoms with Gasteiger partial charge >= 0.3 is 5.97 Å². The van der Waals surface area contributed by atoms with Crippen LogP contribution in [0.5, 0.6) is 0 Å². The van der Waals surface area contributed by atoms with Crippen LogP contribution in [0.2, 0.25) is 0 Å². The van der Waals surface area contributed by atoms with Crippen molar-refractivity contribution in [3.05, 3.63) is 108 Å². The van der Waals surface area contributed by atoms with Gasteiger partial charge in [-0.05, 0) is 98.3 Å². The van der Waals surface area contributed by atoms with E-state index in [9.17, 15) is 69.6 Å². The molecule has 0 bridgehead atoms. The van der Waals surface area contributed by atoms with Gasteiger partial charge in [0.05, 0.1) is 21.0 Å². The molecule has 4 aromatic carbocycles. The van der Waals surface area contributed by atoms with E-state index in [0.29, 0.717) is 71.9 Å². The molecular weight excluding hydrogens is 1000 g/mol. The van der Waals surface area contributed by atoms with E-state index in [1.54, 1.807) is 68.5 Å². The molecule has 0 fully saturated rings. The number of aliphatic carboxylic acids is 1. The lowest BCUT2D eigenvalue weighted by Gasteiger charge is -2.27. The third kappa shape index (κ3) is 11.4. The maximum atomic E-state index is 12.5. The number of benzene rings is 4. The molecule has 4 aromatic rings. The van der Waals surface area contributed by atoms with Gasteiger partial charge in [-0.1, -0.05) is 50.3 Å². The average molecular weight is 1050 g/mol. The normalized spacial score (nSPS) is 17.1. The summed E-state index contributed by atoms with van der Waals surface area (Å²) in [5.74, 6) is -1.44. The SMILES string of the molecule is CC1(C)C(/C=C/C=C/C=C/C=C2\N(CCCCS(=O)(=O)O)c3ccc4c(S(=O)(=O)O)cc(S(=O)(=O)O)cc4c3C2(C)C)=[N+](CCCCCC(=O)O)c2ccc3c(S(=O)(=O)O)cc(S(=O)(=O)O)cc3c21. The molecule has 0 saturated carbocycles. The maximum absolute atomic E-state index is 12.5. The highest BCUT2D eigenvalue weighted by molar-refractivity contribution is 7.87. The summed E-state index contributed by atoms with van der Waals surface area (Å²) in [6.07, 6.45) is 13.9. The van der Waals surface area contributed by atoms with E-state index >= 15 is 0 Å². The van der Waals surface area contributed by atoms with E-state index in [4.69, 9.17) is 5.11 Å². The number of hydrogen-bond donors (Lipinski definition) is 6. The number of hydrogen-bond acceptors (Lipinski definition) is 12. The van der Waals surface area contributed by atoms with Crippen LogP contribution in [0.4, 0.5) is 11.4 Å². The Morgan fingerprint density at radius 2 is 1.13 bits per heavy atom. The van der Waals surface area contributed by atoms with Crippen molar-refractivity contribution in [2.45, 2.75) is 96.6 Å². The number of anilines is 1. The topological polar surface area (TPSA) is 315 Å². The summed E-state index contributed by atoms with van der Waals surface area (Å²) in [5, 5.41) is 9.42. The number of unbranched alkanes of at least 4 members (excludes halogenated alkanes) is 3. The van der Waals surface area contributed by atoms with Gasteiger partial charge in [0.1, 0.15) is 16.3 Å². The van der Waals surface area contributed by atoms with Gasteiger partial charge in [-0.3, -0.25) is 27.6 Å². The molecule has 0 spiro atoms. The Bertz CT molecular complexity index is 3540. The van der Waals surface area contributed by atoms with Gasteiger partial charge in [0.2, 0.25) is 5.69 Å². The van der Waals surface area contributed by atoms with Crippen LogP contribution in [0.3, 0.4) is 0 Å². The smallest absolute Gasteiger partial charge is 0.303 e. The second-order valence-electron chi connectivity index (χ2n) is 17.7. The van der Waals surface area contributed by atoms with Gasteiger partial charge in [0.15, 0.2) is 5.71 Å². The third-order valence-electron chi connectivity index (χ3n) is 12.2. The minimum Gasteiger partial charge on any atom is -0.481 e. The second kappa shape index (κ2) is 19.2. The zero-order valence-corrected chi connectivity index (χ0v) is 41.7. The van der Waals surface area contributed by atoms with Gasteiger partial charge in [-0.2, -0.15) is 46.7 Å². The van der Waals surface area contributed by atoms with Crippen LogP contribution in [0, 0.1) is 0 Å². The fourth-order valence-electron chi connectivity index (χ4n) is 9.25. The first-order valence-corrected chi connectivity index (χ1v) is 28.6. The van der Waals surface area contributed by atoms with Crippen molar-refractivity contribution in [2.75, 3.05) is 23.7 Å². The van der Waals surface area contributed by atoms with Crippen LogP contribution in [-0.4, -0.2) is 105 Å². The molecule has 2 heterocycles. The van der Waals surface area contributed by atoms with E-state index < -0.39 is 92.7 Å². The van der Waals surface area contributed by atoms with Gasteiger partial charge in [-0.25, -0.2) is 0 Å². The van der Waals surface area contributed by atoms with Gasteiger partial charge in [-0.15, -0.1) is 0 Å². The van der Waals surface area contributed by atoms with Crippen LogP contribution >= 0.6 is 0 Å². The summed E-state index contributed by atoms with van der Waals surface area (Å²) in [4.78, 5) is 10.1. The van der Waals surface area contributed by atoms with E-state index in [1.165, 1.54) is 12.1 Å². The Morgan fingerprint density at radius 1 is 0.594 bits per heavy atom. The molecule has 24 heteroatoms. The number of carboxylic acid groups (broad SMARTS) is 1. The van der Waals surface area contributed by atoms with Crippen molar-refractivity contribution in [3.63, 3.8) is 0 Å². The quantitative estimate of drug-likeness (QED) is 0.0238. The largest absolute Gasteiger partial charge is 0.481 e. The molecule has 69 heavy (non-hydrogen) atoms. The Hall–Kier alpha value is -5.15. The van der Waals surface area contributed by atoms with E-state index in [2.05, 4.69) is 0 Å². The summed E-state index contributed by atoms with van der Waals surface area (Å²) in [5.41, 5.74) is 1.41. The molecule has 0 saturated heterocycles.